The number of carbonyl (C=O) groups is 3. The average molecular weight is 481 g/mol. The molecule has 1 fully saturated rings. The van der Waals surface area contributed by atoms with E-state index in [-0.39, 0.29) is 11.4 Å². The fraction of sp³-hybridized carbons (Fsp3) is 0.0556. The number of rotatable bonds is 4. The molecule has 0 radical (unpaired) electrons. The van der Waals surface area contributed by atoms with E-state index in [1.165, 1.54) is 36.4 Å². The lowest BCUT2D eigenvalue weighted by Crippen LogP contribution is -2.38. The van der Waals surface area contributed by atoms with Crippen LogP contribution in [0.25, 0.3) is 6.08 Å². The van der Waals surface area contributed by atoms with Crippen LogP contribution in [-0.4, -0.2) is 34.4 Å². The zero-order valence-corrected chi connectivity index (χ0v) is 15.9. The van der Waals surface area contributed by atoms with Crippen molar-refractivity contribution in [3.05, 3.63) is 63.1 Å². The highest BCUT2D eigenvalue weighted by Gasteiger charge is 2.34. The van der Waals surface area contributed by atoms with Gasteiger partial charge in [-0.2, -0.15) is 0 Å². The molecule has 3 N–H and O–H groups in total. The van der Waals surface area contributed by atoms with Crippen LogP contribution in [0.2, 0.25) is 0 Å². The third kappa shape index (κ3) is 4.42. The summed E-state index contributed by atoms with van der Waals surface area (Å²) in [7, 11) is 0. The first-order valence-electron chi connectivity index (χ1n) is 7.72. The van der Waals surface area contributed by atoms with Gasteiger partial charge in [-0.05, 0) is 70.6 Å². The van der Waals surface area contributed by atoms with Crippen LogP contribution in [0, 0.1) is 9.39 Å². The molecule has 9 heteroatoms. The fourth-order valence-corrected chi connectivity index (χ4v) is 2.91. The maximum atomic E-state index is 12.9. The molecule has 1 aliphatic heterocycles. The number of urea groups is 1. The number of aromatic hydroxyl groups is 1. The summed E-state index contributed by atoms with van der Waals surface area (Å²) >= 11 is 1.94. The molecule has 4 amide bonds. The quantitative estimate of drug-likeness (QED) is 0.356. The molecule has 0 aliphatic carbocycles. The highest BCUT2D eigenvalue weighted by atomic mass is 127. The Morgan fingerprint density at radius 3 is 2.59 bits per heavy atom. The molecule has 27 heavy (non-hydrogen) atoms. The zero-order chi connectivity index (χ0) is 19.6. The first-order valence-corrected chi connectivity index (χ1v) is 8.80. The van der Waals surface area contributed by atoms with Gasteiger partial charge in [0.25, 0.3) is 5.91 Å². The molecule has 0 spiro atoms. The second-order valence-electron chi connectivity index (χ2n) is 5.65. The Kier molecular flexibility index (Phi) is 5.40. The summed E-state index contributed by atoms with van der Waals surface area (Å²) in [5, 5.41) is 14.4. The van der Waals surface area contributed by atoms with E-state index in [4.69, 9.17) is 0 Å². The van der Waals surface area contributed by atoms with Crippen LogP contribution in [0.15, 0.2) is 48.2 Å². The first-order chi connectivity index (χ1) is 12.8. The van der Waals surface area contributed by atoms with Crippen LogP contribution in [0.3, 0.4) is 0 Å². The average Bonchev–Trinajstić information content (AvgIpc) is 2.87. The van der Waals surface area contributed by atoms with Gasteiger partial charge in [-0.25, -0.2) is 14.1 Å². The largest absolute Gasteiger partial charge is 0.507 e. The Balaban J connectivity index is 1.70. The lowest BCUT2D eigenvalue weighted by Gasteiger charge is -2.11. The number of anilines is 1. The van der Waals surface area contributed by atoms with Crippen LogP contribution in [-0.2, 0) is 9.59 Å². The summed E-state index contributed by atoms with van der Waals surface area (Å²) in [5.41, 5.74) is 0.984. The molecular formula is C18H13FIN3O4. The molecule has 2 aromatic carbocycles. The number of amides is 4. The Labute approximate surface area is 167 Å². The third-order valence-corrected chi connectivity index (χ3v) is 4.54. The summed E-state index contributed by atoms with van der Waals surface area (Å²) in [5.74, 6) is -1.57. The second-order valence-corrected chi connectivity index (χ2v) is 6.81. The molecule has 0 aromatic heterocycles. The molecule has 7 nitrogen and oxygen atoms in total. The smallest absolute Gasteiger partial charge is 0.329 e. The maximum absolute atomic E-state index is 12.9. The van der Waals surface area contributed by atoms with Crippen LogP contribution in [0.1, 0.15) is 5.56 Å². The molecule has 3 rings (SSSR count). The summed E-state index contributed by atoms with van der Waals surface area (Å²) < 4.78 is 13.5. The minimum Gasteiger partial charge on any atom is -0.507 e. The Hall–Kier alpha value is -2.95. The Morgan fingerprint density at radius 2 is 1.93 bits per heavy atom. The number of carbonyl (C=O) groups excluding carboxylic acids is 3. The maximum Gasteiger partial charge on any atom is 0.329 e. The van der Waals surface area contributed by atoms with E-state index in [1.807, 2.05) is 22.6 Å². The molecular weight excluding hydrogens is 468 g/mol. The molecule has 0 unspecified atom stereocenters. The van der Waals surface area contributed by atoms with Crippen molar-refractivity contribution in [2.24, 2.45) is 0 Å². The van der Waals surface area contributed by atoms with E-state index >= 15 is 0 Å². The third-order valence-electron chi connectivity index (χ3n) is 3.67. The van der Waals surface area contributed by atoms with Gasteiger partial charge in [0.05, 0.1) is 3.57 Å². The van der Waals surface area contributed by atoms with E-state index in [0.29, 0.717) is 14.8 Å². The highest BCUT2D eigenvalue weighted by Crippen LogP contribution is 2.22. The fourth-order valence-electron chi connectivity index (χ4n) is 2.37. The van der Waals surface area contributed by atoms with Gasteiger partial charge < -0.3 is 15.7 Å². The number of benzene rings is 2. The van der Waals surface area contributed by atoms with E-state index in [2.05, 4.69) is 10.6 Å². The number of nitrogens with zero attached hydrogens (tertiary/aromatic N) is 1. The van der Waals surface area contributed by atoms with Gasteiger partial charge in [-0.3, -0.25) is 9.59 Å². The SMILES string of the molecule is O=C(CN1C(=O)N/C(=C\c2ccc(O)c(I)c2)C1=O)Nc1ccc(F)cc1. The molecule has 0 saturated carbocycles. The van der Waals surface area contributed by atoms with Crippen LogP contribution < -0.4 is 10.6 Å². The van der Waals surface area contributed by atoms with Gasteiger partial charge in [0, 0.05) is 5.69 Å². The van der Waals surface area contributed by atoms with Gasteiger partial charge in [0.2, 0.25) is 5.91 Å². The minimum absolute atomic E-state index is 0.0241. The number of imide groups is 1. The number of nitrogens with one attached hydrogen (secondary N) is 2. The molecule has 0 bridgehead atoms. The van der Waals surface area contributed by atoms with E-state index in [0.717, 1.165) is 4.90 Å². The minimum atomic E-state index is -0.714. The standard InChI is InChI=1S/C18H13FIN3O4/c19-11-2-4-12(5-3-11)21-16(25)9-23-17(26)14(22-18(23)27)8-10-1-6-15(24)13(20)7-10/h1-8,24H,9H2,(H,21,25)(H,22,27)/b14-8-. The van der Waals surface area contributed by atoms with Gasteiger partial charge in [0.1, 0.15) is 23.8 Å². The normalized spacial score (nSPS) is 15.2. The first kappa shape index (κ1) is 18.8. The lowest BCUT2D eigenvalue weighted by molar-refractivity contribution is -0.127. The Morgan fingerprint density at radius 1 is 1.22 bits per heavy atom. The summed E-state index contributed by atoms with van der Waals surface area (Å²) in [4.78, 5) is 37.3. The van der Waals surface area contributed by atoms with Crippen molar-refractivity contribution < 1.29 is 23.9 Å². The van der Waals surface area contributed by atoms with Crippen molar-refractivity contribution in [2.75, 3.05) is 11.9 Å². The topological polar surface area (TPSA) is 98.7 Å². The molecule has 0 atom stereocenters. The van der Waals surface area contributed by atoms with Gasteiger partial charge >= 0.3 is 6.03 Å². The predicted octanol–water partition coefficient (Wildman–Crippen LogP) is 2.67. The van der Waals surface area contributed by atoms with E-state index < -0.39 is 30.2 Å². The summed E-state index contributed by atoms with van der Waals surface area (Å²) in [6, 6.07) is 9.11. The van der Waals surface area contributed by atoms with E-state index in [1.54, 1.807) is 12.1 Å². The van der Waals surface area contributed by atoms with Crippen molar-refractivity contribution in [3.63, 3.8) is 0 Å². The monoisotopic (exact) mass is 481 g/mol. The lowest BCUT2D eigenvalue weighted by atomic mass is 10.2. The Bertz CT molecular complexity index is 960. The summed E-state index contributed by atoms with van der Waals surface area (Å²) in [6.07, 6.45) is 1.46. The number of hydrogen-bond donors (Lipinski definition) is 3. The molecule has 2 aromatic rings. The van der Waals surface area contributed by atoms with Gasteiger partial charge in [-0.1, -0.05) is 6.07 Å². The van der Waals surface area contributed by atoms with Crippen molar-refractivity contribution >= 4 is 52.2 Å². The van der Waals surface area contributed by atoms with Crippen molar-refractivity contribution in [1.29, 1.82) is 0 Å². The number of hydrogen-bond acceptors (Lipinski definition) is 4. The van der Waals surface area contributed by atoms with Crippen LogP contribution >= 0.6 is 22.6 Å². The van der Waals surface area contributed by atoms with Gasteiger partial charge in [0.15, 0.2) is 0 Å². The number of phenolic OH excluding ortho intramolecular Hbond substituents is 1. The van der Waals surface area contributed by atoms with E-state index in [9.17, 15) is 23.9 Å². The number of phenols is 1. The van der Waals surface area contributed by atoms with Crippen LogP contribution in [0.5, 0.6) is 5.75 Å². The van der Waals surface area contributed by atoms with Crippen molar-refractivity contribution in [3.8, 4) is 5.75 Å². The highest BCUT2D eigenvalue weighted by molar-refractivity contribution is 14.1. The second kappa shape index (κ2) is 7.74. The van der Waals surface area contributed by atoms with Crippen LogP contribution in [0.4, 0.5) is 14.9 Å². The molecule has 1 saturated heterocycles. The number of halogens is 2. The van der Waals surface area contributed by atoms with Crippen molar-refractivity contribution in [2.45, 2.75) is 0 Å². The summed E-state index contributed by atoms with van der Waals surface area (Å²) in [6.45, 7) is -0.480. The molecule has 138 valence electrons. The van der Waals surface area contributed by atoms with Crippen molar-refractivity contribution in [1.82, 2.24) is 10.2 Å². The molecule has 1 heterocycles. The zero-order valence-electron chi connectivity index (χ0n) is 13.7. The molecule has 1 aliphatic rings. The predicted molar refractivity (Wildman–Crippen MR) is 104 cm³/mol. The van der Waals surface area contributed by atoms with Gasteiger partial charge in [-0.15, -0.1) is 0 Å².